The third-order valence-electron chi connectivity index (χ3n) is 4.97. The van der Waals surface area contributed by atoms with Crippen LogP contribution in [0.5, 0.6) is 5.75 Å². The molecule has 0 saturated heterocycles. The van der Waals surface area contributed by atoms with Gasteiger partial charge in [-0.2, -0.15) is 0 Å². The van der Waals surface area contributed by atoms with Crippen LogP contribution in [0.2, 0.25) is 0 Å². The molecule has 0 atom stereocenters. The lowest BCUT2D eigenvalue weighted by Crippen LogP contribution is -1.94. The molecule has 4 aromatic rings. The number of phenols is 1. The molecule has 124 valence electrons. The van der Waals surface area contributed by atoms with E-state index in [9.17, 15) is 5.11 Å². The van der Waals surface area contributed by atoms with Gasteiger partial charge in [0.15, 0.2) is 0 Å². The Hall–Kier alpha value is -2.87. The standard InChI is InChI=1S/C23H21NO/c1-14(2)17-10-11-18-13-24-23(15(3)20(18)12-17)19-8-4-6-16-7-5-9-21(25)22(16)19/h4-14,25H,1-3H3. The van der Waals surface area contributed by atoms with Crippen LogP contribution in [0.4, 0.5) is 0 Å². The van der Waals surface area contributed by atoms with E-state index in [1.54, 1.807) is 6.07 Å². The van der Waals surface area contributed by atoms with Crippen LogP contribution in [-0.2, 0) is 0 Å². The van der Waals surface area contributed by atoms with Crippen molar-refractivity contribution in [2.45, 2.75) is 26.7 Å². The minimum atomic E-state index is 0.297. The summed E-state index contributed by atoms with van der Waals surface area (Å²) < 4.78 is 0. The van der Waals surface area contributed by atoms with E-state index in [1.165, 1.54) is 10.9 Å². The summed E-state index contributed by atoms with van der Waals surface area (Å²) in [6, 6.07) is 18.3. The van der Waals surface area contributed by atoms with Crippen LogP contribution in [0.25, 0.3) is 32.8 Å². The van der Waals surface area contributed by atoms with E-state index < -0.39 is 0 Å². The lowest BCUT2D eigenvalue weighted by molar-refractivity contribution is 0.482. The number of phenolic OH excluding ortho intramolecular Hbond substituents is 1. The first-order chi connectivity index (χ1) is 12.1. The molecular weight excluding hydrogens is 306 g/mol. The van der Waals surface area contributed by atoms with Crippen molar-refractivity contribution < 1.29 is 5.11 Å². The number of aryl methyl sites for hydroxylation is 1. The number of rotatable bonds is 2. The Kier molecular flexibility index (Phi) is 3.69. The van der Waals surface area contributed by atoms with Crippen LogP contribution in [0, 0.1) is 6.92 Å². The van der Waals surface area contributed by atoms with Crippen LogP contribution in [0.15, 0.2) is 60.8 Å². The zero-order valence-electron chi connectivity index (χ0n) is 14.7. The lowest BCUT2D eigenvalue weighted by Gasteiger charge is -2.14. The Morgan fingerprint density at radius 3 is 2.44 bits per heavy atom. The lowest BCUT2D eigenvalue weighted by atomic mass is 9.94. The van der Waals surface area contributed by atoms with Crippen molar-refractivity contribution in [3.63, 3.8) is 0 Å². The van der Waals surface area contributed by atoms with Crippen LogP contribution in [0.1, 0.15) is 30.9 Å². The molecule has 0 radical (unpaired) electrons. The monoisotopic (exact) mass is 327 g/mol. The van der Waals surface area contributed by atoms with Crippen molar-refractivity contribution >= 4 is 21.5 Å². The van der Waals surface area contributed by atoms with E-state index in [0.29, 0.717) is 11.7 Å². The van der Waals surface area contributed by atoms with Gasteiger partial charge in [-0.15, -0.1) is 0 Å². The first kappa shape index (κ1) is 15.6. The van der Waals surface area contributed by atoms with Gasteiger partial charge in [-0.1, -0.05) is 62.4 Å². The van der Waals surface area contributed by atoms with Crippen LogP contribution < -0.4 is 0 Å². The number of aromatic hydroxyl groups is 1. The summed E-state index contributed by atoms with van der Waals surface area (Å²) in [5.74, 6) is 0.785. The SMILES string of the molecule is Cc1c(-c2cccc3cccc(O)c23)ncc2ccc(C(C)C)cc12. The molecule has 0 amide bonds. The van der Waals surface area contributed by atoms with Gasteiger partial charge in [-0.05, 0) is 40.8 Å². The first-order valence-corrected chi connectivity index (χ1v) is 8.66. The highest BCUT2D eigenvalue weighted by atomic mass is 16.3. The number of nitrogens with zero attached hydrogens (tertiary/aromatic N) is 1. The van der Waals surface area contributed by atoms with Gasteiger partial charge in [-0.25, -0.2) is 0 Å². The predicted molar refractivity (Wildman–Crippen MR) is 105 cm³/mol. The number of aromatic nitrogens is 1. The first-order valence-electron chi connectivity index (χ1n) is 8.66. The zero-order chi connectivity index (χ0) is 17.6. The molecule has 1 N–H and O–H groups in total. The molecule has 3 aromatic carbocycles. The van der Waals surface area contributed by atoms with Crippen LogP contribution >= 0.6 is 0 Å². The molecular formula is C23H21NO. The molecule has 0 spiro atoms. The van der Waals surface area contributed by atoms with Gasteiger partial charge in [0.25, 0.3) is 0 Å². The van der Waals surface area contributed by atoms with E-state index >= 15 is 0 Å². The summed E-state index contributed by atoms with van der Waals surface area (Å²) in [6.07, 6.45) is 1.93. The van der Waals surface area contributed by atoms with Crippen molar-refractivity contribution in [3.8, 4) is 17.0 Å². The molecule has 0 aliphatic heterocycles. The normalized spacial score (nSPS) is 11.5. The molecule has 0 bridgehead atoms. The maximum absolute atomic E-state index is 10.4. The molecule has 1 heterocycles. The van der Waals surface area contributed by atoms with Crippen LogP contribution in [-0.4, -0.2) is 10.1 Å². The number of hydrogen-bond donors (Lipinski definition) is 1. The number of hydrogen-bond acceptors (Lipinski definition) is 2. The Bertz CT molecular complexity index is 1090. The second-order valence-electron chi connectivity index (χ2n) is 6.91. The zero-order valence-corrected chi connectivity index (χ0v) is 14.7. The highest BCUT2D eigenvalue weighted by Gasteiger charge is 2.13. The second-order valence-corrected chi connectivity index (χ2v) is 6.91. The third kappa shape index (κ3) is 2.54. The maximum Gasteiger partial charge on any atom is 0.124 e. The quantitative estimate of drug-likeness (QED) is 0.476. The van der Waals surface area contributed by atoms with Crippen LogP contribution in [0.3, 0.4) is 0 Å². The van der Waals surface area contributed by atoms with Gasteiger partial charge in [-0.3, -0.25) is 4.98 Å². The molecule has 25 heavy (non-hydrogen) atoms. The Balaban J connectivity index is 2.04. The molecule has 0 unspecified atom stereocenters. The molecule has 1 aromatic heterocycles. The van der Waals surface area contributed by atoms with Gasteiger partial charge in [0.1, 0.15) is 5.75 Å². The number of fused-ring (bicyclic) bond motifs is 2. The molecule has 0 aliphatic rings. The van der Waals surface area contributed by atoms with Crippen molar-refractivity contribution in [2.24, 2.45) is 0 Å². The van der Waals surface area contributed by atoms with Gasteiger partial charge in [0.05, 0.1) is 5.69 Å². The predicted octanol–water partition coefficient (Wildman–Crippen LogP) is 6.19. The maximum atomic E-state index is 10.4. The van der Waals surface area contributed by atoms with Gasteiger partial charge in [0.2, 0.25) is 0 Å². The minimum Gasteiger partial charge on any atom is -0.507 e. The van der Waals surface area contributed by atoms with Gasteiger partial charge >= 0.3 is 0 Å². The second kappa shape index (κ2) is 5.89. The summed E-state index contributed by atoms with van der Waals surface area (Å²) in [6.45, 7) is 6.54. The number of pyridine rings is 1. The fraction of sp³-hybridized carbons (Fsp3) is 0.174. The van der Waals surface area contributed by atoms with E-state index in [0.717, 1.165) is 33.0 Å². The van der Waals surface area contributed by atoms with E-state index in [2.05, 4.69) is 39.0 Å². The topological polar surface area (TPSA) is 33.1 Å². The summed E-state index contributed by atoms with van der Waals surface area (Å²) in [4.78, 5) is 4.73. The van der Waals surface area contributed by atoms with Crippen molar-refractivity contribution in [1.82, 2.24) is 4.98 Å². The number of benzene rings is 3. The largest absolute Gasteiger partial charge is 0.507 e. The average Bonchev–Trinajstić information content (AvgIpc) is 2.62. The fourth-order valence-corrected chi connectivity index (χ4v) is 3.52. The Morgan fingerprint density at radius 1 is 0.920 bits per heavy atom. The fourth-order valence-electron chi connectivity index (χ4n) is 3.52. The Labute approximate surface area is 147 Å². The summed E-state index contributed by atoms with van der Waals surface area (Å²) in [7, 11) is 0. The molecule has 2 nitrogen and oxygen atoms in total. The smallest absolute Gasteiger partial charge is 0.124 e. The summed E-state index contributed by atoms with van der Waals surface area (Å²) in [5.41, 5.74) is 4.38. The van der Waals surface area contributed by atoms with E-state index in [-0.39, 0.29) is 0 Å². The highest BCUT2D eigenvalue weighted by molar-refractivity contribution is 6.02. The molecule has 0 aliphatic carbocycles. The highest BCUT2D eigenvalue weighted by Crippen LogP contribution is 2.37. The van der Waals surface area contributed by atoms with Crippen molar-refractivity contribution in [2.75, 3.05) is 0 Å². The van der Waals surface area contributed by atoms with E-state index in [4.69, 9.17) is 4.98 Å². The summed E-state index contributed by atoms with van der Waals surface area (Å²) >= 11 is 0. The van der Waals surface area contributed by atoms with E-state index in [1.807, 2.05) is 36.5 Å². The minimum absolute atomic E-state index is 0.297. The van der Waals surface area contributed by atoms with Crippen molar-refractivity contribution in [3.05, 3.63) is 71.9 Å². The summed E-state index contributed by atoms with van der Waals surface area (Å²) in [5, 5.41) is 14.7. The molecule has 4 rings (SSSR count). The van der Waals surface area contributed by atoms with Gasteiger partial charge < -0.3 is 5.11 Å². The van der Waals surface area contributed by atoms with Crippen molar-refractivity contribution in [1.29, 1.82) is 0 Å². The third-order valence-corrected chi connectivity index (χ3v) is 4.97. The molecule has 0 saturated carbocycles. The molecule has 2 heteroatoms. The molecule has 0 fully saturated rings. The average molecular weight is 327 g/mol. The Morgan fingerprint density at radius 2 is 1.68 bits per heavy atom. The van der Waals surface area contributed by atoms with Gasteiger partial charge in [0, 0.05) is 22.5 Å².